The topological polar surface area (TPSA) is 155 Å². The van der Waals surface area contributed by atoms with Gasteiger partial charge in [-0.2, -0.15) is 16.7 Å². The molecule has 3 aromatic heterocycles. The zero-order valence-corrected chi connectivity index (χ0v) is 31.2. The van der Waals surface area contributed by atoms with Crippen molar-refractivity contribution in [3.8, 4) is 0 Å². The van der Waals surface area contributed by atoms with Crippen molar-refractivity contribution in [3.63, 3.8) is 0 Å². The van der Waals surface area contributed by atoms with Gasteiger partial charge in [0.05, 0.1) is 5.56 Å². The molecule has 3 fully saturated rings. The third-order valence-corrected chi connectivity index (χ3v) is 10.4. The van der Waals surface area contributed by atoms with E-state index in [4.69, 9.17) is 9.72 Å². The van der Waals surface area contributed by atoms with E-state index in [0.717, 1.165) is 43.9 Å². The second-order valence-corrected chi connectivity index (χ2v) is 15.9. The average molecular weight is 720 g/mol. The number of piperazine rings is 1. The predicted molar refractivity (Wildman–Crippen MR) is 196 cm³/mol. The molecule has 14 nitrogen and oxygen atoms in total. The second kappa shape index (κ2) is 15.1. The molecule has 0 aromatic carbocycles. The number of pyridine rings is 1. The fourth-order valence-corrected chi connectivity index (χ4v) is 7.91. The van der Waals surface area contributed by atoms with Crippen molar-refractivity contribution < 1.29 is 23.9 Å². The number of likely N-dealkylation sites (tertiary alicyclic amines) is 1. The van der Waals surface area contributed by atoms with Gasteiger partial charge in [0.1, 0.15) is 28.8 Å². The average Bonchev–Trinajstić information content (AvgIpc) is 3.81. The van der Waals surface area contributed by atoms with Crippen LogP contribution in [-0.4, -0.2) is 121 Å². The first-order valence-electron chi connectivity index (χ1n) is 17.8. The summed E-state index contributed by atoms with van der Waals surface area (Å²) >= 11 is 1.62. The molecule has 5 heterocycles. The number of fused-ring (bicyclic) bond motifs is 3. The summed E-state index contributed by atoms with van der Waals surface area (Å²) in [4.78, 5) is 72.2. The lowest BCUT2D eigenvalue weighted by atomic mass is 10.1. The highest BCUT2D eigenvalue weighted by molar-refractivity contribution is 7.98. The molecule has 6 rings (SSSR count). The van der Waals surface area contributed by atoms with E-state index in [1.54, 1.807) is 81.0 Å². The number of alkyl carbamates (subject to hydrolysis) is 1. The molecule has 3 atom stereocenters. The maximum Gasteiger partial charge on any atom is 0.408 e. The van der Waals surface area contributed by atoms with E-state index in [9.17, 15) is 19.2 Å². The van der Waals surface area contributed by atoms with Gasteiger partial charge in [0.15, 0.2) is 0 Å². The van der Waals surface area contributed by atoms with E-state index < -0.39 is 17.7 Å². The first-order valence-corrected chi connectivity index (χ1v) is 19.1. The maximum atomic E-state index is 13.8. The predicted octanol–water partition coefficient (Wildman–Crippen LogP) is 4.85. The number of carbonyl (C=O) groups excluding carboxylic acids is 4. The van der Waals surface area contributed by atoms with Crippen LogP contribution in [-0.2, 0) is 9.53 Å². The van der Waals surface area contributed by atoms with Gasteiger partial charge in [0, 0.05) is 63.1 Å². The number of carbonyl (C=O) groups is 4. The Balaban J connectivity index is 1.12. The van der Waals surface area contributed by atoms with Crippen molar-refractivity contribution in [2.45, 2.75) is 95.5 Å². The number of nitrogens with zero attached hydrogens (tertiary/aromatic N) is 7. The van der Waals surface area contributed by atoms with E-state index >= 15 is 0 Å². The third kappa shape index (κ3) is 8.08. The molecule has 4 amide bonds. The Morgan fingerprint density at radius 2 is 1.71 bits per heavy atom. The number of anilines is 2. The van der Waals surface area contributed by atoms with Gasteiger partial charge in [-0.1, -0.05) is 12.8 Å². The summed E-state index contributed by atoms with van der Waals surface area (Å²) in [6, 6.07) is 4.58. The van der Waals surface area contributed by atoms with Crippen molar-refractivity contribution >= 4 is 58.4 Å². The van der Waals surface area contributed by atoms with Crippen LogP contribution in [0.1, 0.15) is 92.6 Å². The minimum absolute atomic E-state index is 0.0668. The summed E-state index contributed by atoms with van der Waals surface area (Å²) in [7, 11) is 3.50. The van der Waals surface area contributed by atoms with Gasteiger partial charge in [-0.05, 0) is 83.1 Å². The van der Waals surface area contributed by atoms with E-state index in [1.807, 2.05) is 17.2 Å². The first kappa shape index (κ1) is 36.4. The molecular weight excluding hydrogens is 671 g/mol. The summed E-state index contributed by atoms with van der Waals surface area (Å²) in [6.07, 6.45) is 10.9. The number of hydrogen-bond acceptors (Lipinski definition) is 10. The van der Waals surface area contributed by atoms with Gasteiger partial charge >= 0.3 is 6.09 Å². The SMILES string of the molecule is CSCCC(NC(=O)OC(C)(C)C)C(=O)N1C2CC[C@@H]1CN(C(=O)c1ccc(Nc3ncc4cc(C(=O)N(C)C)n(C5CCCC5)c4n3)nc1)C2. The van der Waals surface area contributed by atoms with Gasteiger partial charge in [-0.3, -0.25) is 14.4 Å². The molecule has 2 saturated heterocycles. The minimum Gasteiger partial charge on any atom is -0.444 e. The number of hydrogen-bond donors (Lipinski definition) is 2. The largest absolute Gasteiger partial charge is 0.444 e. The molecule has 15 heteroatoms. The second-order valence-electron chi connectivity index (χ2n) is 14.9. The van der Waals surface area contributed by atoms with Crippen LogP contribution < -0.4 is 10.6 Å². The summed E-state index contributed by atoms with van der Waals surface area (Å²) in [5.41, 5.74) is 1.09. The van der Waals surface area contributed by atoms with Crippen molar-refractivity contribution in [1.82, 2.24) is 39.5 Å². The zero-order valence-electron chi connectivity index (χ0n) is 30.3. The summed E-state index contributed by atoms with van der Waals surface area (Å²) < 4.78 is 7.50. The normalized spacial score (nSPS) is 19.6. The molecule has 274 valence electrons. The Hall–Kier alpha value is -4.40. The molecule has 2 aliphatic heterocycles. The molecule has 2 N–H and O–H groups in total. The summed E-state index contributed by atoms with van der Waals surface area (Å²) in [5, 5.41) is 6.77. The molecule has 1 saturated carbocycles. The van der Waals surface area contributed by atoms with Gasteiger partial charge < -0.3 is 34.6 Å². The lowest BCUT2D eigenvalue weighted by Gasteiger charge is -2.42. The highest BCUT2D eigenvalue weighted by Gasteiger charge is 2.46. The molecule has 2 bridgehead atoms. The first-order chi connectivity index (χ1) is 24.3. The van der Waals surface area contributed by atoms with Gasteiger partial charge in [0.2, 0.25) is 11.9 Å². The number of thioether (sulfide) groups is 1. The van der Waals surface area contributed by atoms with E-state index in [2.05, 4.69) is 25.2 Å². The fourth-order valence-electron chi connectivity index (χ4n) is 7.44. The van der Waals surface area contributed by atoms with Crippen LogP contribution in [0.5, 0.6) is 0 Å². The lowest BCUT2D eigenvalue weighted by Crippen LogP contribution is -2.61. The number of amides is 4. The van der Waals surface area contributed by atoms with Crippen molar-refractivity contribution in [2.24, 2.45) is 0 Å². The maximum absolute atomic E-state index is 13.8. The van der Waals surface area contributed by atoms with Crippen molar-refractivity contribution in [3.05, 3.63) is 41.9 Å². The third-order valence-electron chi connectivity index (χ3n) is 9.76. The quantitative estimate of drug-likeness (QED) is 0.297. The standard InChI is InChI=1S/C36H49N9O5S/c1-36(2,3)50-35(49)39-27(15-16-51-6)32(47)44-25-12-13-26(44)21-43(20-25)31(46)22-11-14-29(37-18-22)40-34-38-19-23-17-28(33(48)42(4)5)45(30(23)41-34)24-9-7-8-10-24/h11,14,17-19,24-27H,7-10,12-13,15-16,20-21H2,1-6H3,(H,39,49)(H,37,38,40,41)/t25-,26?,27?/m1/s1. The summed E-state index contributed by atoms with van der Waals surface area (Å²) in [6.45, 7) is 6.19. The Morgan fingerprint density at radius 1 is 1.00 bits per heavy atom. The smallest absolute Gasteiger partial charge is 0.408 e. The molecule has 2 unspecified atom stereocenters. The highest BCUT2D eigenvalue weighted by atomic mass is 32.2. The zero-order chi connectivity index (χ0) is 36.4. The minimum atomic E-state index is -0.693. The number of ether oxygens (including phenoxy) is 1. The van der Waals surface area contributed by atoms with Gasteiger partial charge in [-0.25, -0.2) is 14.8 Å². The molecule has 3 aromatic rings. The van der Waals surface area contributed by atoms with Crippen LogP contribution in [0.4, 0.5) is 16.6 Å². The van der Waals surface area contributed by atoms with Gasteiger partial charge in [-0.15, -0.1) is 0 Å². The van der Waals surface area contributed by atoms with E-state index in [0.29, 0.717) is 53.9 Å². The Bertz CT molecular complexity index is 1750. The monoisotopic (exact) mass is 719 g/mol. The number of rotatable bonds is 10. The molecular formula is C36H49N9O5S. The van der Waals surface area contributed by atoms with Gasteiger partial charge in [0.25, 0.3) is 11.8 Å². The van der Waals surface area contributed by atoms with Crippen LogP contribution in [0.2, 0.25) is 0 Å². The molecule has 3 aliphatic rings. The Labute approximate surface area is 303 Å². The van der Waals surface area contributed by atoms with Crippen molar-refractivity contribution in [1.29, 1.82) is 0 Å². The fraction of sp³-hybridized carbons (Fsp3) is 0.583. The van der Waals surface area contributed by atoms with Crippen molar-refractivity contribution in [2.75, 3.05) is 44.5 Å². The van der Waals surface area contributed by atoms with E-state index in [1.165, 1.54) is 0 Å². The number of aromatic nitrogens is 4. The van der Waals surface area contributed by atoms with Crippen LogP contribution >= 0.6 is 11.8 Å². The van der Waals surface area contributed by atoms with Crippen LogP contribution in [0.15, 0.2) is 30.6 Å². The Morgan fingerprint density at radius 3 is 2.31 bits per heavy atom. The highest BCUT2D eigenvalue weighted by Crippen LogP contribution is 2.35. The number of nitrogens with one attached hydrogen (secondary N) is 2. The van der Waals surface area contributed by atoms with Crippen LogP contribution in [0.3, 0.4) is 0 Å². The van der Waals surface area contributed by atoms with Crippen LogP contribution in [0.25, 0.3) is 11.0 Å². The molecule has 0 spiro atoms. The molecule has 0 radical (unpaired) electrons. The lowest BCUT2D eigenvalue weighted by molar-refractivity contribution is -0.138. The molecule has 51 heavy (non-hydrogen) atoms. The van der Waals surface area contributed by atoms with E-state index in [-0.39, 0.29) is 35.8 Å². The summed E-state index contributed by atoms with van der Waals surface area (Å²) in [5.74, 6) is 1.22. The molecule has 1 aliphatic carbocycles. The Kier molecular flexibility index (Phi) is 10.7. The van der Waals surface area contributed by atoms with Crippen LogP contribution in [0, 0.1) is 0 Å².